The van der Waals surface area contributed by atoms with Crippen LogP contribution in [0.15, 0.2) is 0 Å². The van der Waals surface area contributed by atoms with E-state index in [0.29, 0.717) is 0 Å². The Morgan fingerprint density at radius 2 is 1.56 bits per heavy atom. The molecule has 0 saturated carbocycles. The topological polar surface area (TPSA) is 129 Å². The molecule has 0 aromatic heterocycles. The Bertz CT molecular complexity index is 221. The van der Waals surface area contributed by atoms with Crippen molar-refractivity contribution in [2.75, 3.05) is 41.1 Å². The molecule has 9 nitrogen and oxygen atoms in total. The van der Waals surface area contributed by atoms with E-state index in [4.69, 9.17) is 14.8 Å². The maximum Gasteiger partial charge on any atom is 0.536 e. The van der Waals surface area contributed by atoms with Crippen molar-refractivity contribution >= 4 is 24.3 Å². The van der Waals surface area contributed by atoms with E-state index in [1.807, 2.05) is 0 Å². The van der Waals surface area contributed by atoms with Gasteiger partial charge in [-0.05, 0) is 9.13 Å². The van der Waals surface area contributed by atoms with Gasteiger partial charge >= 0.3 is 24.3 Å². The van der Waals surface area contributed by atoms with E-state index in [1.54, 1.807) is 0 Å². The summed E-state index contributed by atoms with van der Waals surface area (Å²) in [5, 5.41) is 16.2. The number of hydrogen-bond acceptors (Lipinski definition) is 9. The van der Waals surface area contributed by atoms with Gasteiger partial charge in [-0.15, -0.1) is 4.52 Å². The second kappa shape index (κ2) is 17.2. The summed E-state index contributed by atoms with van der Waals surface area (Å²) in [6, 6.07) is 0. The van der Waals surface area contributed by atoms with Gasteiger partial charge in [0.2, 0.25) is 0 Å². The van der Waals surface area contributed by atoms with Gasteiger partial charge in [0.1, 0.15) is 6.35 Å². The molecule has 0 rings (SSSR count). The molecule has 0 bridgehead atoms. The third kappa shape index (κ3) is 18.6. The monoisotopic (exact) mass is 328 g/mol. The summed E-state index contributed by atoms with van der Waals surface area (Å²) in [5.41, 5.74) is 0. The van der Waals surface area contributed by atoms with Gasteiger partial charge in [0.25, 0.3) is 6.35 Å². The molecular weight excluding hydrogens is 309 g/mol. The predicted molar refractivity (Wildman–Crippen MR) is 66.4 cm³/mol. The SMILES string of the molecule is COP(=O)(CO)OC.CO[P+](=O)CO.CO[PH+]=O. The lowest BCUT2D eigenvalue weighted by molar-refractivity contribution is 0.233. The van der Waals surface area contributed by atoms with Crippen LogP contribution in [-0.4, -0.2) is 51.3 Å². The van der Waals surface area contributed by atoms with E-state index in [-0.39, 0.29) is 6.35 Å². The van der Waals surface area contributed by atoms with Crippen molar-refractivity contribution in [2.24, 2.45) is 0 Å². The molecular formula is C6H19O9P3+2. The first-order chi connectivity index (χ1) is 8.40. The summed E-state index contributed by atoms with van der Waals surface area (Å²) in [6.07, 6.45) is -0.953. The Balaban J connectivity index is -0.000000200. The molecule has 110 valence electrons. The van der Waals surface area contributed by atoms with Gasteiger partial charge < -0.3 is 19.3 Å². The van der Waals surface area contributed by atoms with E-state index in [9.17, 15) is 9.13 Å². The van der Waals surface area contributed by atoms with E-state index in [0.717, 1.165) is 0 Å². The van der Waals surface area contributed by atoms with Gasteiger partial charge in [-0.1, -0.05) is 0 Å². The second-order valence-corrected chi connectivity index (χ2v) is 6.18. The third-order valence-corrected chi connectivity index (χ3v) is 3.40. The molecule has 0 amide bonds. The minimum absolute atomic E-state index is 0.383. The summed E-state index contributed by atoms with van der Waals surface area (Å²) in [7, 11) is -0.374. The third-order valence-electron chi connectivity index (χ3n) is 1.13. The second-order valence-electron chi connectivity index (χ2n) is 2.06. The predicted octanol–water partition coefficient (Wildman–Crippen LogP) is 1.32. The molecule has 0 saturated heterocycles. The van der Waals surface area contributed by atoms with E-state index < -0.39 is 30.7 Å². The molecule has 2 N–H and O–H groups in total. The summed E-state index contributed by atoms with van der Waals surface area (Å²) in [5.74, 6) is 0. The van der Waals surface area contributed by atoms with Crippen molar-refractivity contribution in [3.63, 3.8) is 0 Å². The zero-order valence-corrected chi connectivity index (χ0v) is 13.3. The first kappa shape index (κ1) is 23.3. The van der Waals surface area contributed by atoms with Gasteiger partial charge in [0, 0.05) is 14.2 Å². The maximum absolute atomic E-state index is 10.6. The minimum Gasteiger partial charge on any atom is -0.384 e. The van der Waals surface area contributed by atoms with E-state index in [2.05, 4.69) is 18.1 Å². The normalized spacial score (nSPS) is 10.9. The van der Waals surface area contributed by atoms with Crippen molar-refractivity contribution in [3.05, 3.63) is 0 Å². The fraction of sp³-hybridized carbons (Fsp3) is 1.00. The highest BCUT2D eigenvalue weighted by atomic mass is 31.2. The molecule has 18 heavy (non-hydrogen) atoms. The Morgan fingerprint density at radius 3 is 1.56 bits per heavy atom. The van der Waals surface area contributed by atoms with Gasteiger partial charge in [-0.2, -0.15) is 4.52 Å². The average Bonchev–Trinajstić information content (AvgIpc) is 2.46. The Morgan fingerprint density at radius 1 is 1.17 bits per heavy atom. The van der Waals surface area contributed by atoms with Crippen LogP contribution in [0.3, 0.4) is 0 Å². The van der Waals surface area contributed by atoms with Crippen LogP contribution >= 0.6 is 24.3 Å². The fourth-order valence-electron chi connectivity index (χ4n) is 0.248. The standard InChI is InChI=1S/C3H9O4P.C2H6O3P.CH4O2P/c1-6-8(5,3-4)7-2;1-5-6(4)2-3;1-3-4-2/h4H,3H2,1-2H3;3H,2H2,1H3;4H,1H3/q;2*+1. The summed E-state index contributed by atoms with van der Waals surface area (Å²) < 4.78 is 46.4. The summed E-state index contributed by atoms with van der Waals surface area (Å²) >= 11 is 0. The molecule has 0 aromatic rings. The van der Waals surface area contributed by atoms with Crippen LogP contribution in [0.2, 0.25) is 0 Å². The lowest BCUT2D eigenvalue weighted by Crippen LogP contribution is -1.91. The molecule has 12 heteroatoms. The number of hydrogen-bond donors (Lipinski definition) is 2. The molecule has 0 radical (unpaired) electrons. The van der Waals surface area contributed by atoms with Crippen LogP contribution in [0, 0.1) is 0 Å². The highest BCUT2D eigenvalue weighted by Gasteiger charge is 2.17. The van der Waals surface area contributed by atoms with Crippen molar-refractivity contribution in [1.82, 2.24) is 0 Å². The lowest BCUT2D eigenvalue weighted by atomic mass is 11.7. The van der Waals surface area contributed by atoms with Crippen LogP contribution in [0.1, 0.15) is 0 Å². The van der Waals surface area contributed by atoms with E-state index >= 15 is 0 Å². The highest BCUT2D eigenvalue weighted by molar-refractivity contribution is 7.53. The largest absolute Gasteiger partial charge is 0.536 e. The molecule has 0 aromatic carbocycles. The maximum atomic E-state index is 10.6. The Labute approximate surface area is 108 Å². The highest BCUT2D eigenvalue weighted by Crippen LogP contribution is 2.44. The van der Waals surface area contributed by atoms with Crippen molar-refractivity contribution < 1.29 is 42.0 Å². The molecule has 2 atom stereocenters. The van der Waals surface area contributed by atoms with Crippen molar-refractivity contribution in [1.29, 1.82) is 0 Å². The van der Waals surface area contributed by atoms with Gasteiger partial charge in [-0.25, -0.2) is 0 Å². The van der Waals surface area contributed by atoms with Crippen LogP contribution in [-0.2, 0) is 31.8 Å². The van der Waals surface area contributed by atoms with Crippen molar-refractivity contribution in [3.8, 4) is 0 Å². The molecule has 0 aliphatic heterocycles. The van der Waals surface area contributed by atoms with Crippen molar-refractivity contribution in [2.45, 2.75) is 0 Å². The Kier molecular flexibility index (Phi) is 22.2. The van der Waals surface area contributed by atoms with Crippen LogP contribution in [0.4, 0.5) is 0 Å². The van der Waals surface area contributed by atoms with Crippen LogP contribution < -0.4 is 0 Å². The zero-order chi connectivity index (χ0) is 15.0. The van der Waals surface area contributed by atoms with Gasteiger partial charge in [-0.3, -0.25) is 4.57 Å². The molecule has 0 aliphatic rings. The zero-order valence-electron chi connectivity index (χ0n) is 10.6. The van der Waals surface area contributed by atoms with Crippen LogP contribution in [0.5, 0.6) is 0 Å². The first-order valence-electron chi connectivity index (χ1n) is 4.22. The summed E-state index contributed by atoms with van der Waals surface area (Å²) in [4.78, 5) is 0. The van der Waals surface area contributed by atoms with Gasteiger partial charge in [0.15, 0.2) is 0 Å². The van der Waals surface area contributed by atoms with Crippen LogP contribution in [0.25, 0.3) is 0 Å². The minimum atomic E-state index is -3.11. The Hall–Kier alpha value is 0.190. The molecule has 0 heterocycles. The number of rotatable bonds is 6. The molecule has 0 spiro atoms. The molecule has 0 fully saturated rings. The molecule has 0 aliphatic carbocycles. The summed E-state index contributed by atoms with van der Waals surface area (Å²) in [6.45, 7) is 0. The molecule has 2 unspecified atom stereocenters. The number of aliphatic hydroxyl groups excluding tert-OH is 2. The fourth-order valence-corrected chi connectivity index (χ4v) is 0.743. The first-order valence-corrected chi connectivity index (χ1v) is 8.13. The smallest absolute Gasteiger partial charge is 0.384 e. The van der Waals surface area contributed by atoms with E-state index in [1.165, 1.54) is 28.4 Å². The van der Waals surface area contributed by atoms with Gasteiger partial charge in [0.05, 0.1) is 14.2 Å². The lowest BCUT2D eigenvalue weighted by Gasteiger charge is -2.08. The quantitative estimate of drug-likeness (QED) is 0.693. The average molecular weight is 328 g/mol. The number of aliphatic hydroxyl groups is 2.